The van der Waals surface area contributed by atoms with Gasteiger partial charge >= 0.3 is 0 Å². The summed E-state index contributed by atoms with van der Waals surface area (Å²) in [6.07, 6.45) is 0. The van der Waals surface area contributed by atoms with Crippen LogP contribution in [0.3, 0.4) is 0 Å². The van der Waals surface area contributed by atoms with Crippen LogP contribution >= 0.6 is 0 Å². The molecule has 280 valence electrons. The molecule has 0 radical (unpaired) electrons. The van der Waals surface area contributed by atoms with Crippen LogP contribution in [0.2, 0.25) is 0 Å². The summed E-state index contributed by atoms with van der Waals surface area (Å²) >= 11 is 0. The molecule has 10 aromatic carbocycles. The van der Waals surface area contributed by atoms with Crippen molar-refractivity contribution in [2.24, 2.45) is 0 Å². The standard InChI is InChI=1S/C58H43N/c1-57(2)51-23-13-11-21-47(51)48-32-30-40(35-53(48)57)59(54-34-38-15-5-6-16-41(38)56-55(54)49-22-12-14-24-52(49)58(56,3)4)39-28-25-36(26-29-39)37-27-31-46-44-19-8-7-17-42(44)43-18-9-10-20-45(43)50(46)33-37/h5-35H,1-4H3. The van der Waals surface area contributed by atoms with E-state index >= 15 is 0 Å². The van der Waals surface area contributed by atoms with Crippen molar-refractivity contribution < 1.29 is 0 Å². The van der Waals surface area contributed by atoms with Gasteiger partial charge in [-0.3, -0.25) is 0 Å². The molecule has 0 saturated heterocycles. The number of hydrogen-bond donors (Lipinski definition) is 0. The van der Waals surface area contributed by atoms with Gasteiger partial charge in [0.1, 0.15) is 0 Å². The zero-order valence-electron chi connectivity index (χ0n) is 33.8. The number of fused-ring (bicyclic) bond motifs is 14. The predicted molar refractivity (Wildman–Crippen MR) is 252 cm³/mol. The van der Waals surface area contributed by atoms with Gasteiger partial charge in [-0.2, -0.15) is 0 Å². The molecule has 59 heavy (non-hydrogen) atoms. The van der Waals surface area contributed by atoms with Crippen molar-refractivity contribution in [2.75, 3.05) is 4.90 Å². The van der Waals surface area contributed by atoms with Crippen LogP contribution in [0.5, 0.6) is 0 Å². The minimum absolute atomic E-state index is 0.122. The third-order valence-electron chi connectivity index (χ3n) is 13.8. The van der Waals surface area contributed by atoms with E-state index < -0.39 is 0 Å². The molecule has 2 aliphatic carbocycles. The van der Waals surface area contributed by atoms with E-state index in [1.165, 1.54) is 110 Å². The lowest BCUT2D eigenvalue weighted by Gasteiger charge is -2.31. The van der Waals surface area contributed by atoms with Gasteiger partial charge in [-0.25, -0.2) is 0 Å². The Morgan fingerprint density at radius 3 is 1.54 bits per heavy atom. The smallest absolute Gasteiger partial charge is 0.0549 e. The summed E-state index contributed by atoms with van der Waals surface area (Å²) in [5.41, 5.74) is 16.5. The minimum atomic E-state index is -0.162. The first-order chi connectivity index (χ1) is 28.8. The van der Waals surface area contributed by atoms with Crippen LogP contribution in [0.15, 0.2) is 188 Å². The third kappa shape index (κ3) is 4.79. The summed E-state index contributed by atoms with van der Waals surface area (Å²) in [6.45, 7) is 9.56. The molecule has 12 rings (SSSR count). The Labute approximate surface area is 345 Å². The van der Waals surface area contributed by atoms with Crippen LogP contribution in [-0.4, -0.2) is 0 Å². The van der Waals surface area contributed by atoms with Crippen LogP contribution in [-0.2, 0) is 10.8 Å². The van der Waals surface area contributed by atoms with Gasteiger partial charge in [0.05, 0.1) is 5.69 Å². The average Bonchev–Trinajstić information content (AvgIpc) is 3.66. The summed E-state index contributed by atoms with van der Waals surface area (Å²) in [5, 5.41) is 10.4. The van der Waals surface area contributed by atoms with E-state index in [1.54, 1.807) is 0 Å². The van der Waals surface area contributed by atoms with Gasteiger partial charge in [0, 0.05) is 27.8 Å². The fourth-order valence-electron chi connectivity index (χ4n) is 11.0. The zero-order chi connectivity index (χ0) is 39.6. The second-order valence-electron chi connectivity index (χ2n) is 17.7. The molecule has 0 bridgehead atoms. The van der Waals surface area contributed by atoms with Gasteiger partial charge in [0.25, 0.3) is 0 Å². The largest absolute Gasteiger partial charge is 0.310 e. The fraction of sp³-hybridized carbons (Fsp3) is 0.103. The Bertz CT molecular complexity index is 3350. The highest BCUT2D eigenvalue weighted by atomic mass is 15.1. The van der Waals surface area contributed by atoms with E-state index in [0.717, 1.165) is 5.69 Å². The number of nitrogens with zero attached hydrogens (tertiary/aromatic N) is 1. The van der Waals surface area contributed by atoms with E-state index in [1.807, 2.05) is 0 Å². The molecular weight excluding hydrogens is 711 g/mol. The fourth-order valence-corrected chi connectivity index (χ4v) is 11.0. The summed E-state index contributed by atoms with van der Waals surface area (Å²) in [7, 11) is 0. The first-order valence-corrected chi connectivity index (χ1v) is 20.9. The lowest BCUT2D eigenvalue weighted by Crippen LogP contribution is -2.18. The third-order valence-corrected chi connectivity index (χ3v) is 13.8. The van der Waals surface area contributed by atoms with Gasteiger partial charge in [-0.05, 0) is 130 Å². The normalized spacial score (nSPS) is 14.4. The summed E-state index contributed by atoms with van der Waals surface area (Å²) < 4.78 is 0. The summed E-state index contributed by atoms with van der Waals surface area (Å²) in [5.74, 6) is 0. The number of anilines is 3. The molecule has 0 aromatic heterocycles. The lowest BCUT2D eigenvalue weighted by molar-refractivity contribution is 0.660. The Morgan fingerprint density at radius 1 is 0.339 bits per heavy atom. The van der Waals surface area contributed by atoms with Crippen molar-refractivity contribution in [2.45, 2.75) is 38.5 Å². The van der Waals surface area contributed by atoms with Gasteiger partial charge in [-0.1, -0.05) is 179 Å². The van der Waals surface area contributed by atoms with Crippen molar-refractivity contribution in [1.82, 2.24) is 0 Å². The van der Waals surface area contributed by atoms with Crippen molar-refractivity contribution in [3.63, 3.8) is 0 Å². The summed E-state index contributed by atoms with van der Waals surface area (Å²) in [4.78, 5) is 2.53. The molecule has 1 heteroatoms. The Morgan fingerprint density at radius 2 is 0.847 bits per heavy atom. The predicted octanol–water partition coefficient (Wildman–Crippen LogP) is 16.0. The molecule has 0 spiro atoms. The monoisotopic (exact) mass is 753 g/mol. The molecule has 0 fully saturated rings. The van der Waals surface area contributed by atoms with E-state index in [-0.39, 0.29) is 10.8 Å². The van der Waals surface area contributed by atoms with Crippen LogP contribution in [0, 0.1) is 0 Å². The molecule has 10 aromatic rings. The van der Waals surface area contributed by atoms with Crippen molar-refractivity contribution >= 4 is 60.2 Å². The number of hydrogen-bond acceptors (Lipinski definition) is 1. The second-order valence-corrected chi connectivity index (χ2v) is 17.7. The SMILES string of the molecule is CC1(C)c2ccccc2-c2ccc(N(c3ccc(-c4ccc5c6ccccc6c6ccccc6c5c4)cc3)c3cc4ccccc4c4c3-c3ccccc3C4(C)C)cc21. The van der Waals surface area contributed by atoms with E-state index in [0.29, 0.717) is 0 Å². The number of benzene rings is 10. The quantitative estimate of drug-likeness (QED) is 0.162. The second kappa shape index (κ2) is 12.3. The molecule has 0 saturated carbocycles. The maximum Gasteiger partial charge on any atom is 0.0549 e. The van der Waals surface area contributed by atoms with E-state index in [4.69, 9.17) is 0 Å². The molecule has 0 N–H and O–H groups in total. The first-order valence-electron chi connectivity index (χ1n) is 20.9. The van der Waals surface area contributed by atoms with Gasteiger partial charge in [0.15, 0.2) is 0 Å². The Kier molecular flexibility index (Phi) is 7.10. The highest BCUT2D eigenvalue weighted by Crippen LogP contribution is 2.58. The molecular formula is C58H43N. The molecule has 0 heterocycles. The zero-order valence-corrected chi connectivity index (χ0v) is 33.8. The molecule has 1 nitrogen and oxygen atoms in total. The topological polar surface area (TPSA) is 3.24 Å². The molecule has 0 atom stereocenters. The lowest BCUT2D eigenvalue weighted by atomic mass is 9.80. The molecule has 0 amide bonds. The van der Waals surface area contributed by atoms with Crippen molar-refractivity contribution in [1.29, 1.82) is 0 Å². The van der Waals surface area contributed by atoms with Crippen LogP contribution in [0.25, 0.3) is 76.5 Å². The number of rotatable bonds is 4. The van der Waals surface area contributed by atoms with Crippen molar-refractivity contribution in [3.8, 4) is 33.4 Å². The van der Waals surface area contributed by atoms with Gasteiger partial charge < -0.3 is 4.90 Å². The van der Waals surface area contributed by atoms with Gasteiger partial charge in [0.2, 0.25) is 0 Å². The van der Waals surface area contributed by atoms with Crippen molar-refractivity contribution in [3.05, 3.63) is 210 Å². The Hall–Kier alpha value is -6.96. The summed E-state index contributed by atoms with van der Waals surface area (Å²) in [6, 6.07) is 70.5. The highest BCUT2D eigenvalue weighted by molar-refractivity contribution is 6.25. The minimum Gasteiger partial charge on any atom is -0.310 e. The van der Waals surface area contributed by atoms with Crippen LogP contribution < -0.4 is 4.90 Å². The van der Waals surface area contributed by atoms with Crippen LogP contribution in [0.1, 0.15) is 49.9 Å². The van der Waals surface area contributed by atoms with E-state index in [2.05, 4.69) is 221 Å². The van der Waals surface area contributed by atoms with E-state index in [9.17, 15) is 0 Å². The van der Waals surface area contributed by atoms with Crippen LogP contribution in [0.4, 0.5) is 17.1 Å². The molecule has 0 unspecified atom stereocenters. The highest BCUT2D eigenvalue weighted by Gasteiger charge is 2.40. The molecule has 0 aliphatic heterocycles. The average molecular weight is 754 g/mol. The van der Waals surface area contributed by atoms with Gasteiger partial charge in [-0.15, -0.1) is 0 Å². The maximum absolute atomic E-state index is 2.53. The Balaban J connectivity index is 1.08. The first kappa shape index (κ1) is 34.1. The molecule has 2 aliphatic rings. The maximum atomic E-state index is 2.53.